The molecule has 0 spiro atoms. The smallest absolute Gasteiger partial charge is 0.103 e. The molecule has 0 unspecified atom stereocenters. The van der Waals surface area contributed by atoms with E-state index in [9.17, 15) is 0 Å². The highest BCUT2D eigenvalue weighted by atomic mass is 32.1. The second kappa shape index (κ2) is 5.32. The molecular formula is C14H22N2S. The molecule has 94 valence electrons. The quantitative estimate of drug-likeness (QED) is 0.822. The first-order chi connectivity index (χ1) is 8.08. The lowest BCUT2D eigenvalue weighted by molar-refractivity contribution is 0.228. The Morgan fingerprint density at radius 3 is 2.94 bits per heavy atom. The van der Waals surface area contributed by atoms with Crippen molar-refractivity contribution < 1.29 is 0 Å². The van der Waals surface area contributed by atoms with Gasteiger partial charge in [0.25, 0.3) is 0 Å². The van der Waals surface area contributed by atoms with Gasteiger partial charge >= 0.3 is 0 Å². The van der Waals surface area contributed by atoms with Gasteiger partial charge < -0.3 is 4.98 Å². The molecule has 1 fully saturated rings. The van der Waals surface area contributed by atoms with E-state index in [2.05, 4.69) is 42.9 Å². The molecule has 3 heteroatoms. The van der Waals surface area contributed by atoms with Crippen LogP contribution in [0.15, 0.2) is 12.3 Å². The number of hydrogen-bond acceptors (Lipinski definition) is 2. The molecule has 1 aliphatic heterocycles. The van der Waals surface area contributed by atoms with Crippen LogP contribution in [0, 0.1) is 17.5 Å². The fourth-order valence-corrected chi connectivity index (χ4v) is 3.04. The van der Waals surface area contributed by atoms with Crippen LogP contribution in [-0.2, 0) is 0 Å². The maximum absolute atomic E-state index is 5.16. The van der Waals surface area contributed by atoms with Gasteiger partial charge in [0.15, 0.2) is 0 Å². The third kappa shape index (κ3) is 2.96. The number of aromatic nitrogens is 1. The van der Waals surface area contributed by atoms with Crippen LogP contribution in [0.3, 0.4) is 0 Å². The molecule has 2 heterocycles. The van der Waals surface area contributed by atoms with Gasteiger partial charge in [0.05, 0.1) is 0 Å². The van der Waals surface area contributed by atoms with E-state index in [1.165, 1.54) is 37.1 Å². The molecule has 0 saturated carbocycles. The minimum atomic E-state index is 0.587. The second-order valence-corrected chi connectivity index (χ2v) is 5.92. The Kier molecular flexibility index (Phi) is 4.00. The Balaban J connectivity index is 2.23. The highest BCUT2D eigenvalue weighted by Crippen LogP contribution is 2.33. The highest BCUT2D eigenvalue weighted by Gasteiger charge is 2.27. The van der Waals surface area contributed by atoms with Gasteiger partial charge in [-0.15, -0.1) is 0 Å². The average molecular weight is 250 g/mol. The standard InChI is InChI=1S/C14H22N2S/c1-10(2)9-16-6-4-5-13(16)12-8-15-14(17)7-11(12)3/h7-8,10,13H,4-6,9H2,1-3H3,(H,15,17)/t13-/m1/s1. The van der Waals surface area contributed by atoms with Gasteiger partial charge in [0, 0.05) is 18.8 Å². The fraction of sp³-hybridized carbons (Fsp3) is 0.643. The summed E-state index contributed by atoms with van der Waals surface area (Å²) in [7, 11) is 0. The predicted octanol–water partition coefficient (Wildman–Crippen LogP) is 3.85. The lowest BCUT2D eigenvalue weighted by Gasteiger charge is -2.27. The van der Waals surface area contributed by atoms with Crippen LogP contribution in [-0.4, -0.2) is 23.0 Å². The second-order valence-electron chi connectivity index (χ2n) is 5.48. The summed E-state index contributed by atoms with van der Waals surface area (Å²) in [4.78, 5) is 5.79. The third-order valence-corrected chi connectivity index (χ3v) is 3.73. The van der Waals surface area contributed by atoms with Crippen molar-refractivity contribution >= 4 is 12.2 Å². The number of nitrogens with zero attached hydrogens (tertiary/aromatic N) is 1. The van der Waals surface area contributed by atoms with Crippen molar-refractivity contribution in [3.05, 3.63) is 28.0 Å². The van der Waals surface area contributed by atoms with Gasteiger partial charge in [-0.1, -0.05) is 26.1 Å². The normalized spacial score (nSPS) is 21.3. The molecule has 0 bridgehead atoms. The molecule has 1 atom stereocenters. The lowest BCUT2D eigenvalue weighted by Crippen LogP contribution is -2.27. The molecule has 1 aliphatic rings. The van der Waals surface area contributed by atoms with Gasteiger partial charge in [0.2, 0.25) is 0 Å². The number of pyridine rings is 1. The summed E-state index contributed by atoms with van der Waals surface area (Å²) in [6.45, 7) is 9.18. The first-order valence-corrected chi connectivity index (χ1v) is 6.92. The molecule has 1 aromatic rings. The van der Waals surface area contributed by atoms with Gasteiger partial charge in [-0.2, -0.15) is 0 Å². The van der Waals surface area contributed by atoms with Crippen LogP contribution in [0.4, 0.5) is 0 Å². The van der Waals surface area contributed by atoms with Crippen molar-refractivity contribution in [3.8, 4) is 0 Å². The van der Waals surface area contributed by atoms with Crippen molar-refractivity contribution in [2.75, 3.05) is 13.1 Å². The van der Waals surface area contributed by atoms with Crippen LogP contribution in [0.2, 0.25) is 0 Å². The number of nitrogens with one attached hydrogen (secondary N) is 1. The summed E-state index contributed by atoms with van der Waals surface area (Å²) < 4.78 is 0.833. The fourth-order valence-electron chi connectivity index (χ4n) is 2.81. The molecular weight excluding hydrogens is 228 g/mol. The van der Waals surface area contributed by atoms with Crippen molar-refractivity contribution in [1.82, 2.24) is 9.88 Å². The summed E-state index contributed by atoms with van der Waals surface area (Å²) >= 11 is 5.16. The molecule has 2 rings (SSSR count). The Morgan fingerprint density at radius 1 is 1.53 bits per heavy atom. The molecule has 1 aromatic heterocycles. The Labute approximate surface area is 109 Å². The van der Waals surface area contributed by atoms with E-state index in [4.69, 9.17) is 12.2 Å². The molecule has 0 amide bonds. The zero-order valence-corrected chi connectivity index (χ0v) is 11.8. The van der Waals surface area contributed by atoms with E-state index in [0.717, 1.165) is 10.6 Å². The largest absolute Gasteiger partial charge is 0.353 e. The Bertz CT molecular complexity index is 436. The van der Waals surface area contributed by atoms with Crippen molar-refractivity contribution in [2.24, 2.45) is 5.92 Å². The number of aryl methyl sites for hydroxylation is 1. The molecule has 17 heavy (non-hydrogen) atoms. The van der Waals surface area contributed by atoms with E-state index in [0.29, 0.717) is 6.04 Å². The topological polar surface area (TPSA) is 19.0 Å². The highest BCUT2D eigenvalue weighted by molar-refractivity contribution is 7.71. The lowest BCUT2D eigenvalue weighted by atomic mass is 10.0. The maximum atomic E-state index is 5.16. The number of aromatic amines is 1. The summed E-state index contributed by atoms with van der Waals surface area (Å²) in [6.07, 6.45) is 4.70. The first-order valence-electron chi connectivity index (χ1n) is 6.51. The summed E-state index contributed by atoms with van der Waals surface area (Å²) in [6, 6.07) is 2.67. The minimum absolute atomic E-state index is 0.587. The maximum Gasteiger partial charge on any atom is 0.103 e. The van der Waals surface area contributed by atoms with E-state index < -0.39 is 0 Å². The zero-order chi connectivity index (χ0) is 12.4. The van der Waals surface area contributed by atoms with Crippen LogP contribution < -0.4 is 0 Å². The number of hydrogen-bond donors (Lipinski definition) is 1. The Hall–Kier alpha value is -0.670. The number of likely N-dealkylation sites (tertiary alicyclic amines) is 1. The molecule has 0 aliphatic carbocycles. The van der Waals surface area contributed by atoms with Gasteiger partial charge in [-0.25, -0.2) is 0 Å². The van der Waals surface area contributed by atoms with Crippen molar-refractivity contribution in [1.29, 1.82) is 0 Å². The monoisotopic (exact) mass is 250 g/mol. The Morgan fingerprint density at radius 2 is 2.29 bits per heavy atom. The summed E-state index contributed by atoms with van der Waals surface area (Å²) in [5.74, 6) is 0.734. The number of H-pyrrole nitrogens is 1. The van der Waals surface area contributed by atoms with Crippen molar-refractivity contribution in [3.63, 3.8) is 0 Å². The molecule has 1 N–H and O–H groups in total. The van der Waals surface area contributed by atoms with Crippen LogP contribution in [0.1, 0.15) is 43.9 Å². The molecule has 2 nitrogen and oxygen atoms in total. The van der Waals surface area contributed by atoms with Gasteiger partial charge in [-0.3, -0.25) is 4.90 Å². The van der Waals surface area contributed by atoms with Crippen LogP contribution >= 0.6 is 12.2 Å². The molecule has 0 radical (unpaired) electrons. The molecule has 1 saturated heterocycles. The average Bonchev–Trinajstić information content (AvgIpc) is 2.65. The minimum Gasteiger partial charge on any atom is -0.353 e. The molecule has 0 aromatic carbocycles. The van der Waals surface area contributed by atoms with E-state index in [1.807, 2.05) is 0 Å². The summed E-state index contributed by atoms with van der Waals surface area (Å²) in [5.41, 5.74) is 2.76. The first kappa shape index (κ1) is 12.8. The van der Waals surface area contributed by atoms with E-state index in [1.54, 1.807) is 0 Å². The van der Waals surface area contributed by atoms with Gasteiger partial charge in [0.1, 0.15) is 4.64 Å². The van der Waals surface area contributed by atoms with E-state index in [-0.39, 0.29) is 0 Å². The summed E-state index contributed by atoms with van der Waals surface area (Å²) in [5, 5.41) is 0. The third-order valence-electron chi connectivity index (χ3n) is 3.50. The van der Waals surface area contributed by atoms with E-state index >= 15 is 0 Å². The SMILES string of the molecule is Cc1cc(=S)[nH]cc1[C@H]1CCCN1CC(C)C. The van der Waals surface area contributed by atoms with Gasteiger partial charge in [-0.05, 0) is 49.4 Å². The van der Waals surface area contributed by atoms with Crippen molar-refractivity contribution in [2.45, 2.75) is 39.7 Å². The predicted molar refractivity (Wildman–Crippen MR) is 74.7 cm³/mol. The number of rotatable bonds is 3. The van der Waals surface area contributed by atoms with Crippen LogP contribution in [0.5, 0.6) is 0 Å². The van der Waals surface area contributed by atoms with Crippen LogP contribution in [0.25, 0.3) is 0 Å². The zero-order valence-electron chi connectivity index (χ0n) is 11.0.